The van der Waals surface area contributed by atoms with Crippen LogP contribution in [0.5, 0.6) is 0 Å². The third-order valence-electron chi connectivity index (χ3n) is 2.24. The van der Waals surface area contributed by atoms with Gasteiger partial charge in [-0.15, -0.1) is 6.42 Å². The summed E-state index contributed by atoms with van der Waals surface area (Å²) in [5.74, 6) is 2.23. The lowest BCUT2D eigenvalue weighted by Gasteiger charge is -2.16. The molecule has 1 aromatic heterocycles. The molecular formula is C11H14N2O3. The number of carboxylic acids is 1. The van der Waals surface area contributed by atoms with Gasteiger partial charge >= 0.3 is 5.97 Å². The summed E-state index contributed by atoms with van der Waals surface area (Å²) in [5.41, 5.74) is 1.67. The van der Waals surface area contributed by atoms with Crippen molar-refractivity contribution in [1.82, 2.24) is 10.1 Å². The molecule has 0 aliphatic rings. The van der Waals surface area contributed by atoms with E-state index < -0.39 is 5.97 Å². The minimum absolute atomic E-state index is 0.0890. The van der Waals surface area contributed by atoms with Gasteiger partial charge in [-0.05, 0) is 13.8 Å². The minimum atomic E-state index is -0.901. The van der Waals surface area contributed by atoms with Crippen molar-refractivity contribution in [3.8, 4) is 12.3 Å². The molecule has 0 aliphatic heterocycles. The Balaban J connectivity index is 2.75. The summed E-state index contributed by atoms with van der Waals surface area (Å²) in [5, 5.41) is 12.5. The molecule has 0 amide bonds. The summed E-state index contributed by atoms with van der Waals surface area (Å²) in [4.78, 5) is 12.3. The third-order valence-corrected chi connectivity index (χ3v) is 2.24. The molecule has 5 nitrogen and oxygen atoms in total. The monoisotopic (exact) mass is 222 g/mol. The van der Waals surface area contributed by atoms with Crippen molar-refractivity contribution in [2.24, 2.45) is 0 Å². The summed E-state index contributed by atoms with van der Waals surface area (Å²) in [6.45, 7) is 4.26. The van der Waals surface area contributed by atoms with Crippen LogP contribution in [0.3, 0.4) is 0 Å². The molecule has 0 saturated heterocycles. The average Bonchev–Trinajstić information content (AvgIpc) is 2.49. The van der Waals surface area contributed by atoms with Gasteiger partial charge in [0.1, 0.15) is 5.76 Å². The van der Waals surface area contributed by atoms with E-state index in [1.807, 2.05) is 6.92 Å². The highest BCUT2D eigenvalue weighted by Gasteiger charge is 2.15. The predicted octanol–water partition coefficient (Wildman–Crippen LogP) is 0.811. The zero-order valence-electron chi connectivity index (χ0n) is 9.36. The van der Waals surface area contributed by atoms with Crippen LogP contribution in [0.1, 0.15) is 17.0 Å². The number of hydrogen-bond acceptors (Lipinski definition) is 4. The van der Waals surface area contributed by atoms with Crippen molar-refractivity contribution in [1.29, 1.82) is 0 Å². The van der Waals surface area contributed by atoms with Crippen molar-refractivity contribution < 1.29 is 14.4 Å². The number of rotatable bonds is 5. The number of aromatic nitrogens is 1. The van der Waals surface area contributed by atoms with Gasteiger partial charge in [0.2, 0.25) is 0 Å². The highest BCUT2D eigenvalue weighted by Crippen LogP contribution is 2.14. The van der Waals surface area contributed by atoms with Gasteiger partial charge in [-0.1, -0.05) is 11.1 Å². The molecule has 0 fully saturated rings. The van der Waals surface area contributed by atoms with E-state index >= 15 is 0 Å². The fourth-order valence-corrected chi connectivity index (χ4v) is 1.44. The standard InChI is InChI=1S/C11H14N2O3/c1-4-5-13(7-11(14)15)6-10-8(2)12-16-9(10)3/h1H,5-7H2,2-3H3,(H,14,15). The van der Waals surface area contributed by atoms with Crippen LogP contribution < -0.4 is 0 Å². The van der Waals surface area contributed by atoms with E-state index in [0.29, 0.717) is 12.3 Å². The second kappa shape index (κ2) is 5.33. The Bertz CT molecular complexity index is 398. The lowest BCUT2D eigenvalue weighted by Crippen LogP contribution is -2.30. The quantitative estimate of drug-likeness (QED) is 0.747. The SMILES string of the molecule is C#CCN(CC(=O)O)Cc1c(C)noc1C. The first-order valence-corrected chi connectivity index (χ1v) is 4.84. The van der Waals surface area contributed by atoms with E-state index in [1.165, 1.54) is 0 Å². The van der Waals surface area contributed by atoms with Gasteiger partial charge in [-0.2, -0.15) is 0 Å². The van der Waals surface area contributed by atoms with Crippen LogP contribution >= 0.6 is 0 Å². The molecule has 0 radical (unpaired) electrons. The van der Waals surface area contributed by atoms with Gasteiger partial charge in [-0.25, -0.2) is 0 Å². The van der Waals surface area contributed by atoms with Crippen LogP contribution in [-0.4, -0.2) is 34.2 Å². The number of aliphatic carboxylic acids is 1. The molecule has 0 saturated carbocycles. The minimum Gasteiger partial charge on any atom is -0.480 e. The van der Waals surface area contributed by atoms with Crippen molar-refractivity contribution in [2.45, 2.75) is 20.4 Å². The Hall–Kier alpha value is -1.80. The summed E-state index contributed by atoms with van der Waals surface area (Å²) in [6, 6.07) is 0. The average molecular weight is 222 g/mol. The Morgan fingerprint density at radius 2 is 2.31 bits per heavy atom. The number of carbonyl (C=O) groups is 1. The first-order chi connectivity index (χ1) is 7.54. The summed E-state index contributed by atoms with van der Waals surface area (Å²) < 4.78 is 5.00. The molecule has 1 heterocycles. The third kappa shape index (κ3) is 3.11. The van der Waals surface area contributed by atoms with Gasteiger partial charge in [0.05, 0.1) is 18.8 Å². The summed E-state index contributed by atoms with van der Waals surface area (Å²) in [6.07, 6.45) is 5.19. The maximum atomic E-state index is 10.6. The van der Waals surface area contributed by atoms with Crippen LogP contribution in [0.25, 0.3) is 0 Å². The fourth-order valence-electron chi connectivity index (χ4n) is 1.44. The summed E-state index contributed by atoms with van der Waals surface area (Å²) >= 11 is 0. The molecule has 1 rings (SSSR count). The van der Waals surface area contributed by atoms with E-state index in [0.717, 1.165) is 11.3 Å². The lowest BCUT2D eigenvalue weighted by atomic mass is 10.2. The molecule has 5 heteroatoms. The second-order valence-electron chi connectivity index (χ2n) is 3.55. The van der Waals surface area contributed by atoms with Gasteiger partial charge in [0.25, 0.3) is 0 Å². The Labute approximate surface area is 94.0 Å². The topological polar surface area (TPSA) is 66.6 Å². The maximum Gasteiger partial charge on any atom is 0.317 e. The molecule has 1 aromatic rings. The molecule has 1 N–H and O–H groups in total. The predicted molar refractivity (Wildman–Crippen MR) is 57.7 cm³/mol. The first-order valence-electron chi connectivity index (χ1n) is 4.84. The molecule has 0 aromatic carbocycles. The molecular weight excluding hydrogens is 208 g/mol. The molecule has 86 valence electrons. The number of aryl methyl sites for hydroxylation is 2. The number of hydrogen-bond donors (Lipinski definition) is 1. The normalized spacial score (nSPS) is 10.4. The van der Waals surface area contributed by atoms with Gasteiger partial charge in [0.15, 0.2) is 0 Å². The fraction of sp³-hybridized carbons (Fsp3) is 0.455. The van der Waals surface area contributed by atoms with E-state index in [2.05, 4.69) is 11.1 Å². The maximum absolute atomic E-state index is 10.6. The van der Waals surface area contributed by atoms with Crippen molar-refractivity contribution in [3.05, 3.63) is 17.0 Å². The van der Waals surface area contributed by atoms with Crippen LogP contribution in [0.2, 0.25) is 0 Å². The zero-order chi connectivity index (χ0) is 12.1. The van der Waals surface area contributed by atoms with Crippen LogP contribution in [0.15, 0.2) is 4.52 Å². The number of terminal acetylenes is 1. The van der Waals surface area contributed by atoms with E-state index in [4.69, 9.17) is 16.1 Å². The van der Waals surface area contributed by atoms with Crippen molar-refractivity contribution in [3.63, 3.8) is 0 Å². The van der Waals surface area contributed by atoms with E-state index in [9.17, 15) is 4.79 Å². The van der Waals surface area contributed by atoms with Gasteiger partial charge in [0, 0.05) is 12.1 Å². The molecule has 0 spiro atoms. The number of nitrogens with zero attached hydrogens (tertiary/aromatic N) is 2. The number of carboxylic acid groups (broad SMARTS) is 1. The smallest absolute Gasteiger partial charge is 0.317 e. The Kier molecular flexibility index (Phi) is 4.09. The first kappa shape index (κ1) is 12.3. The molecule has 0 bridgehead atoms. The molecule has 16 heavy (non-hydrogen) atoms. The zero-order valence-corrected chi connectivity index (χ0v) is 9.36. The van der Waals surface area contributed by atoms with E-state index in [-0.39, 0.29) is 13.1 Å². The van der Waals surface area contributed by atoms with Crippen LogP contribution in [0.4, 0.5) is 0 Å². The highest BCUT2D eigenvalue weighted by atomic mass is 16.5. The summed E-state index contributed by atoms with van der Waals surface area (Å²) in [7, 11) is 0. The Morgan fingerprint density at radius 3 is 2.75 bits per heavy atom. The van der Waals surface area contributed by atoms with Crippen molar-refractivity contribution in [2.75, 3.05) is 13.1 Å². The van der Waals surface area contributed by atoms with Crippen LogP contribution in [0, 0.1) is 26.2 Å². The molecule has 0 unspecified atom stereocenters. The van der Waals surface area contributed by atoms with Gasteiger partial charge in [-0.3, -0.25) is 9.69 Å². The molecule has 0 aliphatic carbocycles. The van der Waals surface area contributed by atoms with Gasteiger partial charge < -0.3 is 9.63 Å². The van der Waals surface area contributed by atoms with Crippen molar-refractivity contribution >= 4 is 5.97 Å². The van der Waals surface area contributed by atoms with Crippen LogP contribution in [-0.2, 0) is 11.3 Å². The highest BCUT2D eigenvalue weighted by molar-refractivity contribution is 5.69. The van der Waals surface area contributed by atoms with E-state index in [1.54, 1.807) is 11.8 Å². The second-order valence-corrected chi connectivity index (χ2v) is 3.55. The molecule has 0 atom stereocenters. The lowest BCUT2D eigenvalue weighted by molar-refractivity contribution is -0.138. The largest absolute Gasteiger partial charge is 0.480 e. The Morgan fingerprint density at radius 1 is 1.62 bits per heavy atom.